The lowest BCUT2D eigenvalue weighted by atomic mass is 10.2. The van der Waals surface area contributed by atoms with Crippen LogP contribution in [0.3, 0.4) is 0 Å². The largest absolute Gasteiger partial charge is 0.497 e. The zero-order valence-corrected chi connectivity index (χ0v) is 13.1. The Morgan fingerprint density at radius 3 is 2.65 bits per heavy atom. The molecule has 0 fully saturated rings. The van der Waals surface area contributed by atoms with Crippen molar-refractivity contribution < 1.29 is 17.9 Å². The van der Waals surface area contributed by atoms with Gasteiger partial charge in [0.1, 0.15) is 18.1 Å². The first kappa shape index (κ1) is 16.8. The number of methoxy groups -OCH3 is 1. The predicted octanol–water partition coefficient (Wildman–Crippen LogP) is 1.62. The number of rotatable bonds is 9. The Labute approximate surface area is 121 Å². The molecule has 0 spiro atoms. The van der Waals surface area contributed by atoms with Gasteiger partial charge in [0.2, 0.25) is 0 Å². The van der Waals surface area contributed by atoms with E-state index in [0.717, 1.165) is 24.3 Å². The maximum absolute atomic E-state index is 11.1. The summed E-state index contributed by atoms with van der Waals surface area (Å²) in [4.78, 5) is 0. The van der Waals surface area contributed by atoms with Crippen LogP contribution in [0.2, 0.25) is 0 Å². The molecule has 0 bridgehead atoms. The molecule has 0 atom stereocenters. The molecule has 0 aromatic heterocycles. The molecule has 1 N–H and O–H groups in total. The van der Waals surface area contributed by atoms with Crippen LogP contribution in [0.4, 0.5) is 0 Å². The zero-order valence-electron chi connectivity index (χ0n) is 12.3. The van der Waals surface area contributed by atoms with Crippen molar-refractivity contribution in [3.05, 3.63) is 23.8 Å². The van der Waals surface area contributed by atoms with E-state index in [1.54, 1.807) is 13.2 Å². The molecule has 0 unspecified atom stereocenters. The van der Waals surface area contributed by atoms with Gasteiger partial charge in [0.15, 0.2) is 9.84 Å². The molecule has 114 valence electrons. The summed E-state index contributed by atoms with van der Waals surface area (Å²) in [6, 6.07) is 5.52. The van der Waals surface area contributed by atoms with Crippen LogP contribution in [0.25, 0.3) is 0 Å². The first-order valence-corrected chi connectivity index (χ1v) is 8.70. The molecule has 0 amide bonds. The van der Waals surface area contributed by atoms with Gasteiger partial charge in [-0.05, 0) is 31.2 Å². The van der Waals surface area contributed by atoms with E-state index in [1.165, 1.54) is 6.26 Å². The van der Waals surface area contributed by atoms with Crippen LogP contribution in [0, 0.1) is 0 Å². The summed E-state index contributed by atoms with van der Waals surface area (Å²) in [6.45, 7) is 3.84. The van der Waals surface area contributed by atoms with Gasteiger partial charge < -0.3 is 14.8 Å². The van der Waals surface area contributed by atoms with Crippen molar-refractivity contribution in [2.45, 2.75) is 19.9 Å². The Hall–Kier alpha value is -1.27. The monoisotopic (exact) mass is 301 g/mol. The lowest BCUT2D eigenvalue weighted by molar-refractivity contribution is 0.335. The molecule has 6 heteroatoms. The van der Waals surface area contributed by atoms with Gasteiger partial charge in [0, 0.05) is 18.4 Å². The fourth-order valence-electron chi connectivity index (χ4n) is 1.66. The van der Waals surface area contributed by atoms with E-state index in [1.807, 2.05) is 12.1 Å². The van der Waals surface area contributed by atoms with Gasteiger partial charge in [-0.2, -0.15) is 0 Å². The number of benzene rings is 1. The van der Waals surface area contributed by atoms with Crippen LogP contribution in [-0.4, -0.2) is 40.7 Å². The second-order valence-electron chi connectivity index (χ2n) is 4.63. The smallest absolute Gasteiger partial charge is 0.150 e. The highest BCUT2D eigenvalue weighted by atomic mass is 32.2. The first-order chi connectivity index (χ1) is 9.46. The Morgan fingerprint density at radius 2 is 2.05 bits per heavy atom. The normalized spacial score (nSPS) is 11.3. The van der Waals surface area contributed by atoms with E-state index in [9.17, 15) is 8.42 Å². The van der Waals surface area contributed by atoms with Gasteiger partial charge in [0.05, 0.1) is 12.9 Å². The van der Waals surface area contributed by atoms with Crippen molar-refractivity contribution in [1.29, 1.82) is 0 Å². The second-order valence-corrected chi connectivity index (χ2v) is 6.89. The number of hydrogen-bond donors (Lipinski definition) is 1. The summed E-state index contributed by atoms with van der Waals surface area (Å²) in [5, 5.41) is 3.30. The third-order valence-electron chi connectivity index (χ3n) is 2.72. The highest BCUT2D eigenvalue weighted by molar-refractivity contribution is 7.90. The van der Waals surface area contributed by atoms with E-state index in [2.05, 4.69) is 12.2 Å². The molecule has 1 rings (SSSR count). The third kappa shape index (κ3) is 6.25. The first-order valence-electron chi connectivity index (χ1n) is 6.64. The fraction of sp³-hybridized carbons (Fsp3) is 0.571. The highest BCUT2D eigenvalue weighted by Gasteiger charge is 2.08. The second kappa shape index (κ2) is 8.11. The average molecular weight is 301 g/mol. The SMILES string of the molecule is CCCNCc1cc(OC)ccc1OCCS(C)(=O)=O. The number of sulfone groups is 1. The molecular formula is C14H23NO4S. The van der Waals surface area contributed by atoms with Crippen molar-refractivity contribution in [3.63, 3.8) is 0 Å². The van der Waals surface area contributed by atoms with Gasteiger partial charge >= 0.3 is 0 Å². The van der Waals surface area contributed by atoms with Crippen molar-refractivity contribution in [3.8, 4) is 11.5 Å². The van der Waals surface area contributed by atoms with Gasteiger partial charge in [-0.1, -0.05) is 6.92 Å². The Balaban J connectivity index is 2.71. The van der Waals surface area contributed by atoms with Crippen LogP contribution in [0.15, 0.2) is 18.2 Å². The molecule has 0 heterocycles. The van der Waals surface area contributed by atoms with Crippen molar-refractivity contribution in [1.82, 2.24) is 5.32 Å². The Morgan fingerprint density at radius 1 is 1.30 bits per heavy atom. The maximum Gasteiger partial charge on any atom is 0.150 e. The van der Waals surface area contributed by atoms with Crippen molar-refractivity contribution >= 4 is 9.84 Å². The van der Waals surface area contributed by atoms with E-state index >= 15 is 0 Å². The molecular weight excluding hydrogens is 278 g/mol. The summed E-state index contributed by atoms with van der Waals surface area (Å²) in [5.74, 6) is 1.47. The molecule has 0 aliphatic carbocycles. The molecule has 20 heavy (non-hydrogen) atoms. The predicted molar refractivity (Wildman–Crippen MR) is 80.2 cm³/mol. The van der Waals surface area contributed by atoms with Gasteiger partial charge in [-0.25, -0.2) is 8.42 Å². The molecule has 0 aliphatic rings. The lowest BCUT2D eigenvalue weighted by Crippen LogP contribution is -2.16. The minimum absolute atomic E-state index is 0.0147. The number of nitrogens with one attached hydrogen (secondary N) is 1. The molecule has 0 radical (unpaired) electrons. The van der Waals surface area contributed by atoms with Crippen LogP contribution in [0.5, 0.6) is 11.5 Å². The highest BCUT2D eigenvalue weighted by Crippen LogP contribution is 2.24. The van der Waals surface area contributed by atoms with Crippen LogP contribution < -0.4 is 14.8 Å². The number of hydrogen-bond acceptors (Lipinski definition) is 5. The van der Waals surface area contributed by atoms with E-state index in [0.29, 0.717) is 12.3 Å². The average Bonchev–Trinajstić information content (AvgIpc) is 2.39. The van der Waals surface area contributed by atoms with Crippen molar-refractivity contribution in [2.24, 2.45) is 0 Å². The standard InChI is InChI=1S/C14H23NO4S/c1-4-7-15-11-12-10-13(18-2)5-6-14(12)19-8-9-20(3,16)17/h5-6,10,15H,4,7-9,11H2,1-3H3. The topological polar surface area (TPSA) is 64.6 Å². The maximum atomic E-state index is 11.1. The minimum atomic E-state index is -3.01. The van der Waals surface area contributed by atoms with Gasteiger partial charge in [-0.3, -0.25) is 0 Å². The van der Waals surface area contributed by atoms with Crippen LogP contribution >= 0.6 is 0 Å². The van der Waals surface area contributed by atoms with E-state index < -0.39 is 9.84 Å². The van der Waals surface area contributed by atoms with Gasteiger partial charge in [0.25, 0.3) is 0 Å². The quantitative estimate of drug-likeness (QED) is 0.702. The molecule has 5 nitrogen and oxygen atoms in total. The molecule has 1 aromatic carbocycles. The summed E-state index contributed by atoms with van der Waals surface area (Å²) < 4.78 is 33.0. The summed E-state index contributed by atoms with van der Waals surface area (Å²) in [6.07, 6.45) is 2.25. The van der Waals surface area contributed by atoms with Gasteiger partial charge in [-0.15, -0.1) is 0 Å². The zero-order chi connectivity index (χ0) is 15.0. The fourth-order valence-corrected chi connectivity index (χ4v) is 2.05. The van der Waals surface area contributed by atoms with E-state index in [-0.39, 0.29) is 12.4 Å². The Kier molecular flexibility index (Phi) is 6.81. The third-order valence-corrected chi connectivity index (χ3v) is 3.63. The van der Waals surface area contributed by atoms with Crippen molar-refractivity contribution in [2.75, 3.05) is 32.3 Å². The van der Waals surface area contributed by atoms with E-state index in [4.69, 9.17) is 9.47 Å². The lowest BCUT2D eigenvalue weighted by Gasteiger charge is -2.13. The Bertz CT molecular complexity index is 514. The molecule has 1 aromatic rings. The minimum Gasteiger partial charge on any atom is -0.497 e. The van der Waals surface area contributed by atoms with Crippen LogP contribution in [0.1, 0.15) is 18.9 Å². The summed E-state index contributed by atoms with van der Waals surface area (Å²) >= 11 is 0. The summed E-state index contributed by atoms with van der Waals surface area (Å²) in [5.41, 5.74) is 0.964. The number of ether oxygens (including phenoxy) is 2. The molecule has 0 aliphatic heterocycles. The summed E-state index contributed by atoms with van der Waals surface area (Å²) in [7, 11) is -1.39. The molecule has 0 saturated carbocycles. The van der Waals surface area contributed by atoms with Crippen LogP contribution in [-0.2, 0) is 16.4 Å². The molecule has 0 saturated heterocycles.